The molecular weight excluding hydrogens is 320 g/mol. The van der Waals surface area contributed by atoms with E-state index in [9.17, 15) is 4.79 Å². The molecule has 0 fully saturated rings. The maximum absolute atomic E-state index is 11.8. The van der Waals surface area contributed by atoms with Crippen LogP contribution in [0.25, 0.3) is 0 Å². The van der Waals surface area contributed by atoms with E-state index >= 15 is 0 Å². The van der Waals surface area contributed by atoms with Crippen molar-refractivity contribution < 1.29 is 4.79 Å². The maximum atomic E-state index is 11.8. The fraction of sp³-hybridized carbons (Fsp3) is 0.357. The second-order valence-corrected chi connectivity index (χ2v) is 5.39. The third kappa shape index (κ3) is 3.66. The monoisotopic (exact) mass is 336 g/mol. The van der Waals surface area contributed by atoms with E-state index in [-0.39, 0.29) is 5.91 Å². The molecule has 0 aromatic carbocycles. The Balaban J connectivity index is 1.82. The van der Waals surface area contributed by atoms with Crippen molar-refractivity contribution in [3.63, 3.8) is 0 Å². The van der Waals surface area contributed by atoms with Gasteiger partial charge in [0.1, 0.15) is 0 Å². The molecule has 0 aliphatic heterocycles. The Labute approximate surface area is 126 Å². The quantitative estimate of drug-likeness (QED) is 0.911. The van der Waals surface area contributed by atoms with Crippen molar-refractivity contribution >= 4 is 21.8 Å². The molecule has 2 aromatic heterocycles. The molecule has 0 radical (unpaired) electrons. The van der Waals surface area contributed by atoms with Gasteiger partial charge in [-0.2, -0.15) is 5.10 Å². The molecule has 1 amide bonds. The van der Waals surface area contributed by atoms with Gasteiger partial charge in [-0.05, 0) is 41.4 Å². The molecule has 0 unspecified atom stereocenters. The minimum Gasteiger partial charge on any atom is -0.352 e. The zero-order valence-electron chi connectivity index (χ0n) is 11.6. The highest BCUT2D eigenvalue weighted by molar-refractivity contribution is 9.10. The average Bonchev–Trinajstić information content (AvgIpc) is 2.71. The van der Waals surface area contributed by atoms with Gasteiger partial charge in [0, 0.05) is 31.1 Å². The van der Waals surface area contributed by atoms with E-state index in [0.29, 0.717) is 19.5 Å². The molecule has 0 saturated carbocycles. The van der Waals surface area contributed by atoms with Crippen molar-refractivity contribution in [3.8, 4) is 0 Å². The van der Waals surface area contributed by atoms with Crippen molar-refractivity contribution in [1.82, 2.24) is 20.1 Å². The normalized spacial score (nSPS) is 10.6. The Hall–Kier alpha value is -1.69. The van der Waals surface area contributed by atoms with E-state index in [2.05, 4.69) is 31.3 Å². The number of aryl methyl sites for hydroxylation is 2. The second kappa shape index (κ2) is 6.65. The molecule has 2 rings (SSSR count). The first-order chi connectivity index (χ1) is 9.58. The Morgan fingerprint density at radius 3 is 2.85 bits per heavy atom. The topological polar surface area (TPSA) is 59.8 Å². The van der Waals surface area contributed by atoms with Gasteiger partial charge >= 0.3 is 0 Å². The largest absolute Gasteiger partial charge is 0.352 e. The van der Waals surface area contributed by atoms with Gasteiger partial charge in [-0.1, -0.05) is 6.07 Å². The van der Waals surface area contributed by atoms with Crippen molar-refractivity contribution in [2.24, 2.45) is 0 Å². The summed E-state index contributed by atoms with van der Waals surface area (Å²) in [5.41, 5.74) is 2.98. The molecule has 5 nitrogen and oxygen atoms in total. The smallest absolute Gasteiger partial charge is 0.222 e. The van der Waals surface area contributed by atoms with E-state index in [0.717, 1.165) is 21.4 Å². The predicted octanol–water partition coefficient (Wildman–Crippen LogP) is 2.36. The van der Waals surface area contributed by atoms with Gasteiger partial charge in [0.05, 0.1) is 16.7 Å². The Bertz CT molecular complexity index is 595. The van der Waals surface area contributed by atoms with Crippen LogP contribution in [-0.2, 0) is 17.9 Å². The first-order valence-electron chi connectivity index (χ1n) is 6.43. The van der Waals surface area contributed by atoms with Crippen LogP contribution in [0.5, 0.6) is 0 Å². The SMILES string of the molecule is Cc1nn(CCC(=O)NCc2cccnc2)c(C)c1Br. The van der Waals surface area contributed by atoms with Crippen LogP contribution in [0.4, 0.5) is 0 Å². The Kier molecular flexibility index (Phi) is 4.89. The third-order valence-electron chi connectivity index (χ3n) is 3.06. The lowest BCUT2D eigenvalue weighted by Gasteiger charge is -2.06. The standard InChI is InChI=1S/C14H17BrN4O/c1-10-14(15)11(2)19(18-10)7-5-13(20)17-9-12-4-3-6-16-8-12/h3-4,6,8H,5,7,9H2,1-2H3,(H,17,20). The first-order valence-corrected chi connectivity index (χ1v) is 7.22. The molecular formula is C14H17BrN4O. The van der Waals surface area contributed by atoms with Crippen molar-refractivity contribution in [2.45, 2.75) is 33.4 Å². The van der Waals surface area contributed by atoms with E-state index in [1.807, 2.05) is 30.7 Å². The van der Waals surface area contributed by atoms with Crippen LogP contribution >= 0.6 is 15.9 Å². The van der Waals surface area contributed by atoms with Crippen LogP contribution in [0.2, 0.25) is 0 Å². The van der Waals surface area contributed by atoms with Gasteiger partial charge in [0.2, 0.25) is 5.91 Å². The number of carbonyl (C=O) groups is 1. The molecule has 1 N–H and O–H groups in total. The highest BCUT2D eigenvalue weighted by Crippen LogP contribution is 2.19. The van der Waals surface area contributed by atoms with Crippen molar-refractivity contribution in [3.05, 3.63) is 46.0 Å². The van der Waals surface area contributed by atoms with Crippen LogP contribution in [0.3, 0.4) is 0 Å². The average molecular weight is 337 g/mol. The summed E-state index contributed by atoms with van der Waals surface area (Å²) in [6.07, 6.45) is 3.87. The summed E-state index contributed by atoms with van der Waals surface area (Å²) in [6.45, 7) is 5.01. The van der Waals surface area contributed by atoms with Crippen LogP contribution < -0.4 is 5.32 Å². The van der Waals surface area contributed by atoms with Gasteiger partial charge in [0.25, 0.3) is 0 Å². The minimum absolute atomic E-state index is 0.0116. The molecule has 6 heteroatoms. The van der Waals surface area contributed by atoms with Crippen LogP contribution in [0.1, 0.15) is 23.4 Å². The number of carbonyl (C=O) groups excluding carboxylic acids is 1. The lowest BCUT2D eigenvalue weighted by Crippen LogP contribution is -2.24. The number of halogens is 1. The van der Waals surface area contributed by atoms with Crippen molar-refractivity contribution in [1.29, 1.82) is 0 Å². The molecule has 20 heavy (non-hydrogen) atoms. The zero-order chi connectivity index (χ0) is 14.5. The van der Waals surface area contributed by atoms with Gasteiger partial charge in [-0.3, -0.25) is 14.5 Å². The van der Waals surface area contributed by atoms with Gasteiger partial charge < -0.3 is 5.32 Å². The van der Waals surface area contributed by atoms with Crippen LogP contribution in [-0.4, -0.2) is 20.7 Å². The lowest BCUT2D eigenvalue weighted by atomic mass is 10.3. The second-order valence-electron chi connectivity index (χ2n) is 4.60. The summed E-state index contributed by atoms with van der Waals surface area (Å²) < 4.78 is 2.86. The molecule has 0 bridgehead atoms. The Morgan fingerprint density at radius 1 is 1.45 bits per heavy atom. The van der Waals surface area contributed by atoms with Crippen LogP contribution in [0, 0.1) is 13.8 Å². The van der Waals surface area contributed by atoms with Gasteiger partial charge in [-0.15, -0.1) is 0 Å². The third-order valence-corrected chi connectivity index (χ3v) is 4.20. The number of nitrogens with zero attached hydrogens (tertiary/aromatic N) is 3. The number of aromatic nitrogens is 3. The molecule has 0 atom stereocenters. The molecule has 2 heterocycles. The van der Waals surface area contributed by atoms with E-state index in [4.69, 9.17) is 0 Å². The highest BCUT2D eigenvalue weighted by Gasteiger charge is 2.10. The van der Waals surface area contributed by atoms with E-state index in [1.165, 1.54) is 0 Å². The highest BCUT2D eigenvalue weighted by atomic mass is 79.9. The number of pyridine rings is 1. The summed E-state index contributed by atoms with van der Waals surface area (Å²) in [6, 6.07) is 3.79. The number of amides is 1. The number of hydrogen-bond acceptors (Lipinski definition) is 3. The molecule has 106 valence electrons. The number of nitrogens with one attached hydrogen (secondary N) is 1. The van der Waals surface area contributed by atoms with Gasteiger partial charge in [-0.25, -0.2) is 0 Å². The summed E-state index contributed by atoms with van der Waals surface area (Å²) in [7, 11) is 0. The summed E-state index contributed by atoms with van der Waals surface area (Å²) >= 11 is 3.48. The molecule has 2 aromatic rings. The van der Waals surface area contributed by atoms with Gasteiger partial charge in [0.15, 0.2) is 0 Å². The molecule has 0 aliphatic carbocycles. The van der Waals surface area contributed by atoms with E-state index < -0.39 is 0 Å². The first kappa shape index (κ1) is 14.7. The van der Waals surface area contributed by atoms with E-state index in [1.54, 1.807) is 12.4 Å². The fourth-order valence-electron chi connectivity index (χ4n) is 1.89. The predicted molar refractivity (Wildman–Crippen MR) is 80.1 cm³/mol. The minimum atomic E-state index is 0.0116. The lowest BCUT2D eigenvalue weighted by molar-refractivity contribution is -0.121. The maximum Gasteiger partial charge on any atom is 0.222 e. The van der Waals surface area contributed by atoms with Crippen molar-refractivity contribution in [2.75, 3.05) is 0 Å². The zero-order valence-corrected chi connectivity index (χ0v) is 13.1. The summed E-state index contributed by atoms with van der Waals surface area (Å²) in [4.78, 5) is 15.8. The fourth-order valence-corrected chi connectivity index (χ4v) is 2.18. The summed E-state index contributed by atoms with van der Waals surface area (Å²) in [5.74, 6) is 0.0116. The summed E-state index contributed by atoms with van der Waals surface area (Å²) in [5, 5.41) is 7.26. The molecule has 0 saturated heterocycles. The van der Waals surface area contributed by atoms with Crippen LogP contribution in [0.15, 0.2) is 29.0 Å². The Morgan fingerprint density at radius 2 is 2.25 bits per heavy atom. The molecule has 0 spiro atoms. The number of hydrogen-bond donors (Lipinski definition) is 1. The number of rotatable bonds is 5. The molecule has 0 aliphatic rings.